The second-order valence-corrected chi connectivity index (χ2v) is 6.29. The smallest absolute Gasteiger partial charge is 0.276 e. The van der Waals surface area contributed by atoms with Gasteiger partial charge in [0.25, 0.3) is 5.91 Å². The van der Waals surface area contributed by atoms with E-state index >= 15 is 0 Å². The number of carbonyl (C=O) groups is 1. The van der Waals surface area contributed by atoms with Crippen LogP contribution < -0.4 is 4.74 Å². The van der Waals surface area contributed by atoms with Crippen molar-refractivity contribution in [3.63, 3.8) is 0 Å². The van der Waals surface area contributed by atoms with E-state index in [0.717, 1.165) is 17.7 Å². The van der Waals surface area contributed by atoms with Crippen LogP contribution in [-0.4, -0.2) is 48.4 Å². The summed E-state index contributed by atoms with van der Waals surface area (Å²) in [5.41, 5.74) is 0.973. The molecule has 1 amide bonds. The Labute approximate surface area is 141 Å². The van der Waals surface area contributed by atoms with Gasteiger partial charge in [-0.05, 0) is 38.0 Å². The number of methoxy groups -OCH3 is 1. The molecule has 0 bridgehead atoms. The average Bonchev–Trinajstić information content (AvgIpc) is 3.20. The number of likely N-dealkylation sites (tertiary alicyclic amines) is 1. The van der Waals surface area contributed by atoms with Crippen molar-refractivity contribution >= 4 is 5.91 Å². The summed E-state index contributed by atoms with van der Waals surface area (Å²) >= 11 is 0. The minimum absolute atomic E-state index is 0.138. The molecule has 2 aromatic rings. The molecule has 3 rings (SSSR count). The van der Waals surface area contributed by atoms with E-state index < -0.39 is 5.60 Å². The van der Waals surface area contributed by atoms with Gasteiger partial charge in [0.2, 0.25) is 0 Å². The highest BCUT2D eigenvalue weighted by Crippen LogP contribution is 2.27. The first-order valence-corrected chi connectivity index (χ1v) is 7.99. The van der Waals surface area contributed by atoms with Crippen molar-refractivity contribution in [1.82, 2.24) is 10.1 Å². The number of benzene rings is 1. The molecule has 0 radical (unpaired) electrons. The van der Waals surface area contributed by atoms with Gasteiger partial charge in [-0.1, -0.05) is 17.3 Å². The van der Waals surface area contributed by atoms with E-state index in [0.29, 0.717) is 31.2 Å². The summed E-state index contributed by atoms with van der Waals surface area (Å²) in [7, 11) is 1.66. The minimum atomic E-state index is -0.502. The molecule has 128 valence electrons. The lowest BCUT2D eigenvalue weighted by atomic mass is 10.0. The van der Waals surface area contributed by atoms with Crippen LogP contribution >= 0.6 is 0 Å². The lowest BCUT2D eigenvalue weighted by Crippen LogP contribution is -2.42. The van der Waals surface area contributed by atoms with E-state index in [1.165, 1.54) is 0 Å². The molecule has 1 aromatic heterocycles. The first kappa shape index (κ1) is 16.5. The van der Waals surface area contributed by atoms with Crippen LogP contribution in [0, 0.1) is 13.8 Å². The molecule has 0 spiro atoms. The molecular weight excluding hydrogens is 308 g/mol. The Balaban J connectivity index is 1.65. The number of aromatic nitrogens is 1. The standard InChI is InChI=1S/C18H22N2O4/c1-13-5-4-6-15(9-13)23-12-18(22-3)7-8-20(11-18)17(21)16-10-14(2)24-19-16/h4-6,9-10H,7-8,11-12H2,1-3H3/t18-/m0/s1. The Bertz CT molecular complexity index is 727. The summed E-state index contributed by atoms with van der Waals surface area (Å²) in [6, 6.07) is 9.54. The van der Waals surface area contributed by atoms with Crippen molar-refractivity contribution < 1.29 is 18.8 Å². The lowest BCUT2D eigenvalue weighted by molar-refractivity contribution is -0.0343. The first-order chi connectivity index (χ1) is 11.5. The van der Waals surface area contributed by atoms with E-state index in [2.05, 4.69) is 5.16 Å². The second-order valence-electron chi connectivity index (χ2n) is 6.29. The molecule has 1 aromatic carbocycles. The number of carbonyl (C=O) groups excluding carboxylic acids is 1. The van der Waals surface area contributed by atoms with E-state index in [-0.39, 0.29) is 5.91 Å². The van der Waals surface area contributed by atoms with E-state index in [9.17, 15) is 4.79 Å². The van der Waals surface area contributed by atoms with Crippen LogP contribution in [0.15, 0.2) is 34.9 Å². The molecule has 0 saturated carbocycles. The number of hydrogen-bond acceptors (Lipinski definition) is 5. The second kappa shape index (κ2) is 6.65. The molecule has 6 heteroatoms. The van der Waals surface area contributed by atoms with Gasteiger partial charge in [0.15, 0.2) is 5.69 Å². The van der Waals surface area contributed by atoms with Crippen molar-refractivity contribution in [3.8, 4) is 5.75 Å². The average molecular weight is 330 g/mol. The number of rotatable bonds is 5. The van der Waals surface area contributed by atoms with Crippen LogP contribution in [0.25, 0.3) is 0 Å². The third kappa shape index (κ3) is 3.43. The van der Waals surface area contributed by atoms with Crippen LogP contribution in [0.5, 0.6) is 5.75 Å². The van der Waals surface area contributed by atoms with Gasteiger partial charge < -0.3 is 18.9 Å². The molecule has 0 unspecified atom stereocenters. The van der Waals surface area contributed by atoms with Crippen LogP contribution in [0.3, 0.4) is 0 Å². The molecule has 1 aliphatic rings. The summed E-state index contributed by atoms with van der Waals surface area (Å²) in [6.45, 7) is 5.27. The summed E-state index contributed by atoms with van der Waals surface area (Å²) in [5, 5.41) is 3.80. The fraction of sp³-hybridized carbons (Fsp3) is 0.444. The fourth-order valence-corrected chi connectivity index (χ4v) is 2.91. The molecule has 6 nitrogen and oxygen atoms in total. The highest BCUT2D eigenvalue weighted by molar-refractivity contribution is 5.92. The van der Waals surface area contributed by atoms with Gasteiger partial charge in [-0.2, -0.15) is 0 Å². The van der Waals surface area contributed by atoms with Gasteiger partial charge in [0.05, 0.1) is 6.54 Å². The quantitative estimate of drug-likeness (QED) is 0.843. The molecule has 24 heavy (non-hydrogen) atoms. The first-order valence-electron chi connectivity index (χ1n) is 7.99. The molecule has 1 aliphatic heterocycles. The minimum Gasteiger partial charge on any atom is -0.491 e. The number of aryl methyl sites for hydroxylation is 2. The molecule has 0 aliphatic carbocycles. The monoisotopic (exact) mass is 330 g/mol. The largest absolute Gasteiger partial charge is 0.491 e. The van der Waals surface area contributed by atoms with E-state index in [1.807, 2.05) is 31.2 Å². The Kier molecular flexibility index (Phi) is 4.57. The van der Waals surface area contributed by atoms with Crippen molar-refractivity contribution in [1.29, 1.82) is 0 Å². The predicted octanol–water partition coefficient (Wildman–Crippen LogP) is 2.60. The summed E-state index contributed by atoms with van der Waals surface area (Å²) in [6.07, 6.45) is 0.720. The Hall–Kier alpha value is -2.34. The van der Waals surface area contributed by atoms with Gasteiger partial charge in [-0.15, -0.1) is 0 Å². The summed E-state index contributed by atoms with van der Waals surface area (Å²) < 4.78 is 16.6. The molecule has 0 N–H and O–H groups in total. The third-order valence-electron chi connectivity index (χ3n) is 4.38. The summed E-state index contributed by atoms with van der Waals surface area (Å²) in [5.74, 6) is 1.29. The SMILES string of the molecule is CO[C@@]1(COc2cccc(C)c2)CCN(C(=O)c2cc(C)on2)C1. The van der Waals surface area contributed by atoms with Crippen molar-refractivity contribution in [2.45, 2.75) is 25.9 Å². The molecule has 1 fully saturated rings. The number of amides is 1. The van der Waals surface area contributed by atoms with Crippen LogP contribution in [0.4, 0.5) is 0 Å². The molecule has 1 atom stereocenters. The van der Waals surface area contributed by atoms with E-state index in [4.69, 9.17) is 14.0 Å². The van der Waals surface area contributed by atoms with Gasteiger partial charge >= 0.3 is 0 Å². The maximum Gasteiger partial charge on any atom is 0.276 e. The Morgan fingerprint density at radius 1 is 1.38 bits per heavy atom. The zero-order valence-corrected chi connectivity index (χ0v) is 14.2. The van der Waals surface area contributed by atoms with Gasteiger partial charge in [-0.3, -0.25) is 4.79 Å². The predicted molar refractivity (Wildman–Crippen MR) is 88.2 cm³/mol. The number of ether oxygens (including phenoxy) is 2. The maximum atomic E-state index is 12.5. The lowest BCUT2D eigenvalue weighted by Gasteiger charge is -2.27. The van der Waals surface area contributed by atoms with Crippen LogP contribution in [0.1, 0.15) is 28.2 Å². The van der Waals surface area contributed by atoms with Crippen molar-refractivity contribution in [2.75, 3.05) is 26.8 Å². The normalized spacial score (nSPS) is 20.4. The molecular formula is C18H22N2O4. The number of hydrogen-bond donors (Lipinski definition) is 0. The molecule has 2 heterocycles. The highest BCUT2D eigenvalue weighted by atomic mass is 16.5. The Morgan fingerprint density at radius 3 is 2.88 bits per heavy atom. The Morgan fingerprint density at radius 2 is 2.21 bits per heavy atom. The molecule has 1 saturated heterocycles. The zero-order chi connectivity index (χ0) is 17.2. The van der Waals surface area contributed by atoms with Crippen molar-refractivity contribution in [2.24, 2.45) is 0 Å². The van der Waals surface area contributed by atoms with Gasteiger partial charge in [0, 0.05) is 19.7 Å². The number of nitrogens with zero attached hydrogens (tertiary/aromatic N) is 2. The van der Waals surface area contributed by atoms with E-state index in [1.54, 1.807) is 25.0 Å². The third-order valence-corrected chi connectivity index (χ3v) is 4.38. The highest BCUT2D eigenvalue weighted by Gasteiger charge is 2.41. The topological polar surface area (TPSA) is 64.8 Å². The van der Waals surface area contributed by atoms with Crippen LogP contribution in [-0.2, 0) is 4.74 Å². The maximum absolute atomic E-state index is 12.5. The fourth-order valence-electron chi connectivity index (χ4n) is 2.91. The van der Waals surface area contributed by atoms with Crippen LogP contribution in [0.2, 0.25) is 0 Å². The van der Waals surface area contributed by atoms with Gasteiger partial charge in [-0.25, -0.2) is 0 Å². The summed E-state index contributed by atoms with van der Waals surface area (Å²) in [4.78, 5) is 14.2. The zero-order valence-electron chi connectivity index (χ0n) is 14.2. The van der Waals surface area contributed by atoms with Crippen molar-refractivity contribution in [3.05, 3.63) is 47.3 Å². The van der Waals surface area contributed by atoms with Gasteiger partial charge in [0.1, 0.15) is 23.7 Å².